The molecule has 5 aromatic carbocycles. The number of halogens is 1. The van der Waals surface area contributed by atoms with Gasteiger partial charge in [-0.1, -0.05) is 133 Å². The van der Waals surface area contributed by atoms with Gasteiger partial charge in [-0.2, -0.15) is 0 Å². The van der Waals surface area contributed by atoms with Crippen LogP contribution in [0.5, 0.6) is 0 Å². The lowest BCUT2D eigenvalue weighted by Gasteiger charge is -2.39. The number of nitrogens with zero attached hydrogens (tertiary/aromatic N) is 2. The van der Waals surface area contributed by atoms with E-state index in [0.717, 1.165) is 22.1 Å². The first-order valence-electron chi connectivity index (χ1n) is 15.2. The molecule has 2 bridgehead atoms. The summed E-state index contributed by atoms with van der Waals surface area (Å²) in [5.41, 5.74) is 0.477. The molecule has 0 radical (unpaired) electrons. The van der Waals surface area contributed by atoms with Crippen molar-refractivity contribution in [2.75, 3.05) is 4.90 Å². The smallest absolute Gasteiger partial charge is 0.271 e. The number of nitro benzene ring substituents is 1. The number of anilines is 1. The number of allylic oxidation sites excluding steroid dienone is 2. The van der Waals surface area contributed by atoms with Gasteiger partial charge in [0.2, 0.25) is 11.8 Å². The number of carbonyl (C=O) groups excluding carboxylic acids is 3. The SMILES string of the molecule is O=C1[C@H]2[C@H](C(=O)N1c1cc([N+](=O)[O-])ccc1Cl)[C@]1(c3ccccc3)C(=O)[C@]2(c2ccccc2)C(c2ccccc2)=C1c1ccccc1. The monoisotopic (exact) mass is 636 g/mol. The molecule has 2 amide bonds. The van der Waals surface area contributed by atoms with Crippen molar-refractivity contribution in [3.63, 3.8) is 0 Å². The number of carbonyl (C=O) groups is 3. The number of hydrogen-bond acceptors (Lipinski definition) is 5. The van der Waals surface area contributed by atoms with Gasteiger partial charge in [0.15, 0.2) is 5.78 Å². The number of fused-ring (bicyclic) bond motifs is 5. The molecule has 5 aromatic rings. The number of hydrogen-bond donors (Lipinski definition) is 0. The second-order valence-electron chi connectivity index (χ2n) is 12.0. The van der Waals surface area contributed by atoms with Crippen LogP contribution in [0, 0.1) is 22.0 Å². The van der Waals surface area contributed by atoms with Gasteiger partial charge in [0.1, 0.15) is 0 Å². The van der Waals surface area contributed by atoms with Crippen molar-refractivity contribution in [3.8, 4) is 0 Å². The minimum absolute atomic E-state index is 0.0120. The van der Waals surface area contributed by atoms with Gasteiger partial charge >= 0.3 is 0 Å². The highest BCUT2D eigenvalue weighted by molar-refractivity contribution is 6.41. The quantitative estimate of drug-likeness (QED) is 0.110. The van der Waals surface area contributed by atoms with Crippen LogP contribution < -0.4 is 4.90 Å². The molecule has 228 valence electrons. The molecule has 3 aliphatic rings. The summed E-state index contributed by atoms with van der Waals surface area (Å²) < 4.78 is 0. The van der Waals surface area contributed by atoms with Crippen molar-refractivity contribution < 1.29 is 19.3 Å². The van der Waals surface area contributed by atoms with Gasteiger partial charge in [-0.25, -0.2) is 4.90 Å². The average Bonchev–Trinajstić information content (AvgIpc) is 3.62. The summed E-state index contributed by atoms with van der Waals surface area (Å²) in [6.45, 7) is 0. The van der Waals surface area contributed by atoms with E-state index in [4.69, 9.17) is 11.6 Å². The molecular formula is C39H25ClN2O5. The summed E-state index contributed by atoms with van der Waals surface area (Å²) in [5.74, 6) is -3.83. The molecule has 47 heavy (non-hydrogen) atoms. The molecule has 0 spiro atoms. The predicted molar refractivity (Wildman–Crippen MR) is 179 cm³/mol. The molecule has 0 aromatic heterocycles. The van der Waals surface area contributed by atoms with Crippen LogP contribution in [0.1, 0.15) is 22.3 Å². The average molecular weight is 637 g/mol. The lowest BCUT2D eigenvalue weighted by atomic mass is 9.59. The Balaban J connectivity index is 1.54. The van der Waals surface area contributed by atoms with Crippen LogP contribution in [-0.4, -0.2) is 22.5 Å². The van der Waals surface area contributed by atoms with E-state index in [1.807, 2.05) is 121 Å². The Morgan fingerprint density at radius 3 is 1.40 bits per heavy atom. The van der Waals surface area contributed by atoms with E-state index in [9.17, 15) is 10.1 Å². The topological polar surface area (TPSA) is 97.6 Å². The van der Waals surface area contributed by atoms with Gasteiger partial charge in [0, 0.05) is 12.1 Å². The summed E-state index contributed by atoms with van der Waals surface area (Å²) in [5, 5.41) is 11.8. The molecular weight excluding hydrogens is 612 g/mol. The van der Waals surface area contributed by atoms with E-state index in [2.05, 4.69) is 0 Å². The maximum Gasteiger partial charge on any atom is 0.271 e. The first kappa shape index (κ1) is 28.8. The van der Waals surface area contributed by atoms with Gasteiger partial charge in [-0.3, -0.25) is 24.5 Å². The zero-order valence-corrected chi connectivity index (χ0v) is 25.5. The predicted octanol–water partition coefficient (Wildman–Crippen LogP) is 7.44. The zero-order valence-electron chi connectivity index (χ0n) is 24.7. The fourth-order valence-electron chi connectivity index (χ4n) is 8.36. The van der Waals surface area contributed by atoms with E-state index in [1.54, 1.807) is 0 Å². The Hall–Kier alpha value is -5.66. The number of non-ortho nitro benzene ring substituents is 1. The first-order chi connectivity index (χ1) is 22.8. The normalized spacial score (nSPS) is 24.6. The van der Waals surface area contributed by atoms with Crippen molar-refractivity contribution in [1.82, 2.24) is 0 Å². The minimum Gasteiger partial charge on any atom is -0.297 e. The largest absolute Gasteiger partial charge is 0.297 e. The van der Waals surface area contributed by atoms with Crippen LogP contribution >= 0.6 is 11.6 Å². The van der Waals surface area contributed by atoms with Gasteiger partial charge in [0.05, 0.1) is 38.3 Å². The number of amides is 2. The Bertz CT molecular complexity index is 2030. The molecule has 1 saturated carbocycles. The van der Waals surface area contributed by atoms with Crippen LogP contribution in [0.25, 0.3) is 11.1 Å². The highest BCUT2D eigenvalue weighted by atomic mass is 35.5. The number of ketones is 1. The van der Waals surface area contributed by atoms with E-state index in [1.165, 1.54) is 12.1 Å². The van der Waals surface area contributed by atoms with Crippen molar-refractivity contribution in [2.45, 2.75) is 10.8 Å². The molecule has 1 heterocycles. The Labute approximate surface area is 274 Å². The highest BCUT2D eigenvalue weighted by Gasteiger charge is 2.82. The molecule has 0 unspecified atom stereocenters. The molecule has 0 N–H and O–H groups in total. The fraction of sp³-hybridized carbons (Fsp3) is 0.103. The highest BCUT2D eigenvalue weighted by Crippen LogP contribution is 2.74. The molecule has 1 saturated heterocycles. The third kappa shape index (κ3) is 3.66. The number of rotatable bonds is 6. The maximum absolute atomic E-state index is 15.9. The Morgan fingerprint density at radius 2 is 1.00 bits per heavy atom. The van der Waals surface area contributed by atoms with Crippen LogP contribution in [0.2, 0.25) is 5.02 Å². The minimum atomic E-state index is -1.58. The lowest BCUT2D eigenvalue weighted by Crippen LogP contribution is -2.45. The molecule has 4 atom stereocenters. The summed E-state index contributed by atoms with van der Waals surface area (Å²) in [7, 11) is 0. The van der Waals surface area contributed by atoms with E-state index >= 15 is 14.4 Å². The second kappa shape index (κ2) is 10.4. The van der Waals surface area contributed by atoms with E-state index < -0.39 is 39.4 Å². The molecule has 7 nitrogen and oxygen atoms in total. The van der Waals surface area contributed by atoms with Crippen molar-refractivity contribution >= 4 is 51.7 Å². The number of benzene rings is 5. The van der Waals surface area contributed by atoms with Gasteiger partial charge in [0.25, 0.3) is 5.69 Å². The summed E-state index contributed by atoms with van der Waals surface area (Å²) in [4.78, 5) is 58.1. The standard InChI is InChI=1S/C39H25ClN2O5/c40-29-22-21-28(42(46)47)23-30(29)41-35(43)33-34(36(41)44)39(27-19-11-4-12-20-27)32(25-15-7-2-8-16-25)31(24-13-5-1-6-14-24)38(33,37(39)45)26-17-9-3-10-18-26/h1-23,33-34H/t33-,34-,38-,39-/m1/s1. The van der Waals surface area contributed by atoms with Crippen LogP contribution in [0.3, 0.4) is 0 Å². The third-order valence-corrected chi connectivity index (χ3v) is 10.3. The third-order valence-electron chi connectivity index (χ3n) is 9.96. The van der Waals surface area contributed by atoms with Gasteiger partial charge < -0.3 is 0 Å². The molecule has 1 aliphatic heterocycles. The summed E-state index contributed by atoms with van der Waals surface area (Å²) >= 11 is 6.59. The zero-order chi connectivity index (χ0) is 32.5. The van der Waals surface area contributed by atoms with E-state index in [0.29, 0.717) is 22.3 Å². The van der Waals surface area contributed by atoms with Crippen molar-refractivity contribution in [1.29, 1.82) is 0 Å². The fourth-order valence-corrected chi connectivity index (χ4v) is 8.56. The summed E-state index contributed by atoms with van der Waals surface area (Å²) in [6.07, 6.45) is 0. The van der Waals surface area contributed by atoms with Crippen LogP contribution in [0.4, 0.5) is 11.4 Å². The van der Waals surface area contributed by atoms with Crippen LogP contribution in [0.15, 0.2) is 140 Å². The molecule has 8 heteroatoms. The number of nitro groups is 1. The molecule has 2 fully saturated rings. The van der Waals surface area contributed by atoms with Crippen molar-refractivity contribution in [2.24, 2.45) is 11.8 Å². The molecule has 2 aliphatic carbocycles. The van der Waals surface area contributed by atoms with Gasteiger partial charge in [-0.15, -0.1) is 0 Å². The van der Waals surface area contributed by atoms with Crippen LogP contribution in [-0.2, 0) is 25.2 Å². The maximum atomic E-state index is 15.9. The summed E-state index contributed by atoms with van der Waals surface area (Å²) in [6, 6.07) is 41.1. The Kier molecular flexibility index (Phi) is 6.39. The van der Waals surface area contributed by atoms with Crippen molar-refractivity contribution in [3.05, 3.63) is 177 Å². The van der Waals surface area contributed by atoms with Gasteiger partial charge in [-0.05, 0) is 39.5 Å². The second-order valence-corrected chi connectivity index (χ2v) is 12.4. The Morgan fingerprint density at radius 1 is 0.596 bits per heavy atom. The first-order valence-corrected chi connectivity index (χ1v) is 15.6. The molecule has 8 rings (SSSR count). The van der Waals surface area contributed by atoms with E-state index in [-0.39, 0.29) is 22.2 Å². The lowest BCUT2D eigenvalue weighted by molar-refractivity contribution is -0.384. The number of imide groups is 1. The number of Topliss-reactive ketones (excluding diaryl/α,β-unsaturated/α-hetero) is 1.